The summed E-state index contributed by atoms with van der Waals surface area (Å²) in [5, 5.41) is 12.0. The maximum Gasteiger partial charge on any atom is 0.326 e. The number of carboxylic acids is 1. The van der Waals surface area contributed by atoms with Crippen LogP contribution in [0.3, 0.4) is 0 Å². The van der Waals surface area contributed by atoms with Crippen molar-refractivity contribution in [3.05, 3.63) is 54.1 Å². The molecule has 0 unspecified atom stereocenters. The molecule has 0 bridgehead atoms. The molecule has 2 amide bonds. The molecule has 2 aromatic rings. The van der Waals surface area contributed by atoms with Crippen molar-refractivity contribution < 1.29 is 29.0 Å². The number of aliphatic carboxylic acids is 1. The molecule has 0 aromatic heterocycles. The number of nitrogens with zero attached hydrogens (tertiary/aromatic N) is 2. The van der Waals surface area contributed by atoms with E-state index in [2.05, 4.69) is 10.2 Å². The van der Waals surface area contributed by atoms with Crippen molar-refractivity contribution in [2.75, 3.05) is 44.3 Å². The van der Waals surface area contributed by atoms with Gasteiger partial charge in [0.25, 0.3) is 5.91 Å². The molecular formula is C24H27N3O6. The fourth-order valence-corrected chi connectivity index (χ4v) is 3.96. The van der Waals surface area contributed by atoms with E-state index >= 15 is 0 Å². The van der Waals surface area contributed by atoms with Crippen molar-refractivity contribution in [2.24, 2.45) is 0 Å². The summed E-state index contributed by atoms with van der Waals surface area (Å²) in [5.74, 6) is -0.267. The molecule has 2 N–H and O–H groups in total. The third-order valence-corrected chi connectivity index (χ3v) is 5.81. The first-order valence-corrected chi connectivity index (χ1v) is 11.0. The molecule has 9 heteroatoms. The summed E-state index contributed by atoms with van der Waals surface area (Å²) < 4.78 is 11.2. The van der Waals surface area contributed by atoms with Gasteiger partial charge in [0.2, 0.25) is 5.91 Å². The zero-order valence-corrected chi connectivity index (χ0v) is 18.2. The Labute approximate surface area is 191 Å². The Morgan fingerprint density at radius 1 is 0.939 bits per heavy atom. The maximum atomic E-state index is 12.7. The standard InChI is InChI=1S/C24H27N3O6/c28-22(9-7-19(24(30)31)25-23(29)17-4-2-1-3-5-17)27-12-10-26(11-13-27)18-6-8-20-21(16-18)33-15-14-32-20/h1-6,8,16,19H,7,9-15H2,(H,25,29)(H,30,31)/t19-/m0/s1. The Balaban J connectivity index is 1.27. The third kappa shape index (κ3) is 5.54. The number of hydrogen-bond acceptors (Lipinski definition) is 6. The van der Waals surface area contributed by atoms with Gasteiger partial charge in [-0.25, -0.2) is 4.79 Å². The summed E-state index contributed by atoms with van der Waals surface area (Å²) in [6.45, 7) is 3.49. The number of carbonyl (C=O) groups excluding carboxylic acids is 2. The van der Waals surface area contributed by atoms with Crippen LogP contribution in [0.4, 0.5) is 5.69 Å². The van der Waals surface area contributed by atoms with Crippen LogP contribution in [0.1, 0.15) is 23.2 Å². The number of carbonyl (C=O) groups is 3. The summed E-state index contributed by atoms with van der Waals surface area (Å²) >= 11 is 0. The van der Waals surface area contributed by atoms with Crippen LogP contribution in [0, 0.1) is 0 Å². The number of benzene rings is 2. The van der Waals surface area contributed by atoms with Crippen molar-refractivity contribution in [3.8, 4) is 11.5 Å². The third-order valence-electron chi connectivity index (χ3n) is 5.81. The minimum absolute atomic E-state index is 0.0368. The molecule has 2 aliphatic heterocycles. The Morgan fingerprint density at radius 3 is 2.33 bits per heavy atom. The van der Waals surface area contributed by atoms with Gasteiger partial charge in [0.15, 0.2) is 11.5 Å². The molecule has 1 fully saturated rings. The normalized spacial score (nSPS) is 16.1. The highest BCUT2D eigenvalue weighted by molar-refractivity contribution is 5.96. The van der Waals surface area contributed by atoms with Crippen molar-refractivity contribution in [3.63, 3.8) is 0 Å². The Kier molecular flexibility index (Phi) is 6.97. The second kappa shape index (κ2) is 10.2. The van der Waals surface area contributed by atoms with Gasteiger partial charge in [0.05, 0.1) is 0 Å². The molecule has 0 spiro atoms. The van der Waals surface area contributed by atoms with Crippen LogP contribution in [0.25, 0.3) is 0 Å². The van der Waals surface area contributed by atoms with Crippen molar-refractivity contribution >= 4 is 23.5 Å². The van der Waals surface area contributed by atoms with Crippen LogP contribution in [-0.4, -0.2) is 73.2 Å². The largest absolute Gasteiger partial charge is 0.486 e. The predicted molar refractivity (Wildman–Crippen MR) is 121 cm³/mol. The first-order valence-electron chi connectivity index (χ1n) is 11.0. The highest BCUT2D eigenvalue weighted by Gasteiger charge is 2.26. The molecule has 174 valence electrons. The topological polar surface area (TPSA) is 108 Å². The van der Waals surface area contributed by atoms with Gasteiger partial charge >= 0.3 is 5.97 Å². The van der Waals surface area contributed by atoms with Crippen LogP contribution in [0.15, 0.2) is 48.5 Å². The number of hydrogen-bond donors (Lipinski definition) is 2. The van der Waals surface area contributed by atoms with E-state index in [-0.39, 0.29) is 18.7 Å². The Bertz CT molecular complexity index is 1000. The summed E-state index contributed by atoms with van der Waals surface area (Å²) in [6.07, 6.45) is 0.0885. The van der Waals surface area contributed by atoms with Gasteiger partial charge in [0.1, 0.15) is 19.3 Å². The number of ether oxygens (including phenoxy) is 2. The van der Waals surface area contributed by atoms with Crippen LogP contribution in [0.5, 0.6) is 11.5 Å². The second-order valence-electron chi connectivity index (χ2n) is 7.96. The van der Waals surface area contributed by atoms with Gasteiger partial charge < -0.3 is 29.7 Å². The molecular weight excluding hydrogens is 426 g/mol. The number of rotatable bonds is 7. The Morgan fingerprint density at radius 2 is 1.64 bits per heavy atom. The molecule has 2 aromatic carbocycles. The smallest absolute Gasteiger partial charge is 0.326 e. The predicted octanol–water partition coefficient (Wildman–Crippen LogP) is 1.77. The van der Waals surface area contributed by atoms with E-state index in [1.54, 1.807) is 35.2 Å². The number of anilines is 1. The average molecular weight is 453 g/mol. The fraction of sp³-hybridized carbons (Fsp3) is 0.375. The van der Waals surface area contributed by atoms with Crippen LogP contribution < -0.4 is 19.7 Å². The van der Waals surface area contributed by atoms with Crippen molar-refractivity contribution in [1.82, 2.24) is 10.2 Å². The number of carboxylic acid groups (broad SMARTS) is 1. The van der Waals surface area contributed by atoms with E-state index in [9.17, 15) is 19.5 Å². The minimum atomic E-state index is -1.16. The van der Waals surface area contributed by atoms with E-state index < -0.39 is 17.9 Å². The maximum absolute atomic E-state index is 12.7. The van der Waals surface area contributed by atoms with Gasteiger partial charge in [-0.1, -0.05) is 18.2 Å². The first-order chi connectivity index (χ1) is 16.0. The fourth-order valence-electron chi connectivity index (χ4n) is 3.96. The van der Waals surface area contributed by atoms with E-state index in [4.69, 9.17) is 9.47 Å². The van der Waals surface area contributed by atoms with Gasteiger partial charge in [0, 0.05) is 49.9 Å². The van der Waals surface area contributed by atoms with Crippen LogP contribution in [0.2, 0.25) is 0 Å². The SMILES string of the molecule is O=C(N[C@@H](CCC(=O)N1CCN(c2ccc3c(c2)OCCO3)CC1)C(=O)O)c1ccccc1. The quantitative estimate of drug-likeness (QED) is 0.658. The highest BCUT2D eigenvalue weighted by Crippen LogP contribution is 2.34. The monoisotopic (exact) mass is 453 g/mol. The second-order valence-corrected chi connectivity index (χ2v) is 7.96. The molecule has 4 rings (SSSR count). The van der Waals surface area contributed by atoms with E-state index in [0.29, 0.717) is 45.0 Å². The van der Waals surface area contributed by atoms with Gasteiger partial charge in [-0.15, -0.1) is 0 Å². The summed E-state index contributed by atoms with van der Waals surface area (Å²) in [7, 11) is 0. The summed E-state index contributed by atoms with van der Waals surface area (Å²) in [5.41, 5.74) is 1.39. The van der Waals surface area contributed by atoms with Gasteiger partial charge in [-0.2, -0.15) is 0 Å². The highest BCUT2D eigenvalue weighted by atomic mass is 16.6. The lowest BCUT2D eigenvalue weighted by atomic mass is 10.1. The lowest BCUT2D eigenvalue weighted by Gasteiger charge is -2.36. The zero-order chi connectivity index (χ0) is 23.2. The zero-order valence-electron chi connectivity index (χ0n) is 18.2. The molecule has 1 atom stereocenters. The van der Waals surface area contributed by atoms with E-state index in [0.717, 1.165) is 17.2 Å². The first kappa shape index (κ1) is 22.4. The number of nitrogens with one attached hydrogen (secondary N) is 1. The lowest BCUT2D eigenvalue weighted by Crippen LogP contribution is -2.49. The molecule has 1 saturated heterocycles. The lowest BCUT2D eigenvalue weighted by molar-refractivity contribution is -0.139. The molecule has 0 saturated carbocycles. The van der Waals surface area contributed by atoms with Gasteiger partial charge in [-0.3, -0.25) is 9.59 Å². The molecule has 9 nitrogen and oxygen atoms in total. The molecule has 33 heavy (non-hydrogen) atoms. The average Bonchev–Trinajstić information content (AvgIpc) is 2.86. The molecule has 0 aliphatic carbocycles. The molecule has 2 heterocycles. The van der Waals surface area contributed by atoms with Crippen LogP contribution >= 0.6 is 0 Å². The molecule has 0 radical (unpaired) electrons. The van der Waals surface area contributed by atoms with E-state index in [1.165, 1.54) is 0 Å². The summed E-state index contributed by atoms with van der Waals surface area (Å²) in [4.78, 5) is 40.5. The van der Waals surface area contributed by atoms with Crippen molar-refractivity contribution in [2.45, 2.75) is 18.9 Å². The summed E-state index contributed by atoms with van der Waals surface area (Å²) in [6, 6.07) is 13.1. The van der Waals surface area contributed by atoms with Crippen molar-refractivity contribution in [1.29, 1.82) is 0 Å². The number of amides is 2. The molecule has 2 aliphatic rings. The number of fused-ring (bicyclic) bond motifs is 1. The minimum Gasteiger partial charge on any atom is -0.486 e. The van der Waals surface area contributed by atoms with E-state index in [1.807, 2.05) is 18.2 Å². The Hall–Kier alpha value is -3.75. The number of piperazine rings is 1. The van der Waals surface area contributed by atoms with Crippen LogP contribution in [-0.2, 0) is 9.59 Å². The van der Waals surface area contributed by atoms with Gasteiger partial charge in [-0.05, 0) is 30.7 Å².